The SMILES string of the molecule is O=C(NCC(=O)N1CCc2ccccc21)c1ccc(-n2cccc2)cc1. The first-order valence-electron chi connectivity index (χ1n) is 8.62. The van der Waals surface area contributed by atoms with Gasteiger partial charge < -0.3 is 14.8 Å². The standard InChI is InChI=1S/C21H19N3O2/c25-20(24-14-11-16-5-1-2-6-19(16)24)15-22-21(26)17-7-9-18(10-8-17)23-12-3-4-13-23/h1-10,12-13H,11,14-15H2,(H,22,26). The number of amides is 2. The second kappa shape index (κ2) is 6.88. The summed E-state index contributed by atoms with van der Waals surface area (Å²) in [6, 6.07) is 19.1. The van der Waals surface area contributed by atoms with E-state index in [4.69, 9.17) is 0 Å². The van der Waals surface area contributed by atoms with Gasteiger partial charge in [-0.25, -0.2) is 0 Å². The van der Waals surface area contributed by atoms with Crippen LogP contribution in [0.25, 0.3) is 5.69 Å². The molecular weight excluding hydrogens is 326 g/mol. The van der Waals surface area contributed by atoms with Crippen molar-refractivity contribution in [3.8, 4) is 5.69 Å². The van der Waals surface area contributed by atoms with E-state index in [9.17, 15) is 9.59 Å². The molecule has 1 aliphatic heterocycles. The van der Waals surface area contributed by atoms with E-state index in [1.54, 1.807) is 17.0 Å². The Morgan fingerprint density at radius 2 is 1.65 bits per heavy atom. The third-order valence-corrected chi connectivity index (χ3v) is 4.62. The van der Waals surface area contributed by atoms with Crippen LogP contribution in [0.1, 0.15) is 15.9 Å². The number of para-hydroxylation sites is 1. The Kier molecular flexibility index (Phi) is 4.27. The summed E-state index contributed by atoms with van der Waals surface area (Å²) in [6.07, 6.45) is 4.75. The maximum absolute atomic E-state index is 12.5. The van der Waals surface area contributed by atoms with Gasteiger partial charge in [-0.3, -0.25) is 9.59 Å². The maximum Gasteiger partial charge on any atom is 0.251 e. The van der Waals surface area contributed by atoms with Crippen LogP contribution in [0.5, 0.6) is 0 Å². The van der Waals surface area contributed by atoms with Crippen molar-refractivity contribution < 1.29 is 9.59 Å². The molecule has 0 radical (unpaired) electrons. The number of nitrogens with one attached hydrogen (secondary N) is 1. The van der Waals surface area contributed by atoms with E-state index < -0.39 is 0 Å². The summed E-state index contributed by atoms with van der Waals surface area (Å²) in [5.41, 5.74) is 3.64. The lowest BCUT2D eigenvalue weighted by Crippen LogP contribution is -2.39. The minimum Gasteiger partial charge on any atom is -0.343 e. The van der Waals surface area contributed by atoms with Gasteiger partial charge >= 0.3 is 0 Å². The van der Waals surface area contributed by atoms with Gasteiger partial charge in [0.05, 0.1) is 6.54 Å². The average Bonchev–Trinajstić information content (AvgIpc) is 3.36. The Balaban J connectivity index is 1.37. The fourth-order valence-electron chi connectivity index (χ4n) is 3.24. The zero-order valence-electron chi connectivity index (χ0n) is 14.3. The number of hydrogen-bond acceptors (Lipinski definition) is 2. The number of rotatable bonds is 4. The highest BCUT2D eigenvalue weighted by molar-refractivity contribution is 6.01. The van der Waals surface area contributed by atoms with Gasteiger partial charge in [0, 0.05) is 35.9 Å². The number of benzene rings is 2. The molecule has 26 heavy (non-hydrogen) atoms. The molecule has 2 heterocycles. The van der Waals surface area contributed by atoms with Crippen LogP contribution in [0.4, 0.5) is 5.69 Å². The van der Waals surface area contributed by atoms with E-state index in [0.717, 1.165) is 17.8 Å². The van der Waals surface area contributed by atoms with Crippen LogP contribution in [-0.2, 0) is 11.2 Å². The predicted molar refractivity (Wildman–Crippen MR) is 101 cm³/mol. The molecule has 4 rings (SSSR count). The van der Waals surface area contributed by atoms with E-state index in [1.165, 1.54) is 5.56 Å². The van der Waals surface area contributed by atoms with Crippen LogP contribution in [0, 0.1) is 0 Å². The summed E-state index contributed by atoms with van der Waals surface area (Å²) >= 11 is 0. The second-order valence-corrected chi connectivity index (χ2v) is 6.24. The molecule has 0 unspecified atom stereocenters. The van der Waals surface area contributed by atoms with Crippen molar-refractivity contribution in [1.82, 2.24) is 9.88 Å². The molecule has 0 bridgehead atoms. The Morgan fingerprint density at radius 3 is 2.42 bits per heavy atom. The normalized spacial score (nSPS) is 12.7. The van der Waals surface area contributed by atoms with E-state index in [2.05, 4.69) is 5.32 Å². The third-order valence-electron chi connectivity index (χ3n) is 4.62. The van der Waals surface area contributed by atoms with Gasteiger partial charge in [0.2, 0.25) is 5.91 Å². The van der Waals surface area contributed by atoms with Gasteiger partial charge in [-0.2, -0.15) is 0 Å². The fourth-order valence-corrected chi connectivity index (χ4v) is 3.24. The van der Waals surface area contributed by atoms with Crippen molar-refractivity contribution in [1.29, 1.82) is 0 Å². The summed E-state index contributed by atoms with van der Waals surface area (Å²) in [5, 5.41) is 2.72. The van der Waals surface area contributed by atoms with Gasteiger partial charge in [-0.1, -0.05) is 18.2 Å². The number of aromatic nitrogens is 1. The molecule has 0 fully saturated rings. The number of hydrogen-bond donors (Lipinski definition) is 1. The van der Waals surface area contributed by atoms with Crippen molar-refractivity contribution in [2.24, 2.45) is 0 Å². The highest BCUT2D eigenvalue weighted by Crippen LogP contribution is 2.27. The molecule has 2 amide bonds. The molecule has 1 aliphatic rings. The lowest BCUT2D eigenvalue weighted by Gasteiger charge is -2.17. The van der Waals surface area contributed by atoms with Crippen molar-refractivity contribution in [2.75, 3.05) is 18.0 Å². The largest absolute Gasteiger partial charge is 0.343 e. The molecule has 130 valence electrons. The number of fused-ring (bicyclic) bond motifs is 1. The third kappa shape index (κ3) is 3.11. The monoisotopic (exact) mass is 345 g/mol. The topological polar surface area (TPSA) is 54.3 Å². The Bertz CT molecular complexity index is 930. The van der Waals surface area contributed by atoms with E-state index in [1.807, 2.05) is 65.5 Å². The van der Waals surface area contributed by atoms with Crippen molar-refractivity contribution in [3.63, 3.8) is 0 Å². The fraction of sp³-hybridized carbons (Fsp3) is 0.143. The smallest absolute Gasteiger partial charge is 0.251 e. The minimum atomic E-state index is -0.245. The molecular formula is C21H19N3O2. The summed E-state index contributed by atoms with van der Waals surface area (Å²) in [4.78, 5) is 26.5. The van der Waals surface area contributed by atoms with Gasteiger partial charge in [0.1, 0.15) is 0 Å². The number of carbonyl (C=O) groups is 2. The maximum atomic E-state index is 12.5. The summed E-state index contributed by atoms with van der Waals surface area (Å²) < 4.78 is 1.97. The van der Waals surface area contributed by atoms with Crippen LogP contribution in [-0.4, -0.2) is 29.5 Å². The molecule has 3 aromatic rings. The van der Waals surface area contributed by atoms with Crippen molar-refractivity contribution >= 4 is 17.5 Å². The van der Waals surface area contributed by atoms with Crippen LogP contribution in [0.2, 0.25) is 0 Å². The first-order valence-corrected chi connectivity index (χ1v) is 8.62. The highest BCUT2D eigenvalue weighted by atomic mass is 16.2. The lowest BCUT2D eigenvalue weighted by molar-refractivity contribution is -0.117. The Morgan fingerprint density at radius 1 is 0.923 bits per heavy atom. The average molecular weight is 345 g/mol. The van der Waals surface area contributed by atoms with Crippen molar-refractivity contribution in [3.05, 3.63) is 84.2 Å². The van der Waals surface area contributed by atoms with Crippen LogP contribution in [0.3, 0.4) is 0 Å². The summed E-state index contributed by atoms with van der Waals surface area (Å²) in [7, 11) is 0. The summed E-state index contributed by atoms with van der Waals surface area (Å²) in [6.45, 7) is 0.659. The molecule has 5 heteroatoms. The quantitative estimate of drug-likeness (QED) is 0.790. The molecule has 0 saturated carbocycles. The van der Waals surface area contributed by atoms with Gasteiger partial charge in [0.25, 0.3) is 5.91 Å². The van der Waals surface area contributed by atoms with Crippen LogP contribution < -0.4 is 10.2 Å². The highest BCUT2D eigenvalue weighted by Gasteiger charge is 2.24. The zero-order valence-corrected chi connectivity index (χ0v) is 14.3. The molecule has 1 aromatic heterocycles. The summed E-state index contributed by atoms with van der Waals surface area (Å²) in [5.74, 6) is -0.336. The molecule has 0 atom stereocenters. The Hall–Kier alpha value is -3.34. The van der Waals surface area contributed by atoms with Crippen LogP contribution in [0.15, 0.2) is 73.1 Å². The minimum absolute atomic E-state index is 0.00742. The van der Waals surface area contributed by atoms with E-state index in [-0.39, 0.29) is 18.4 Å². The van der Waals surface area contributed by atoms with Crippen molar-refractivity contribution in [2.45, 2.75) is 6.42 Å². The van der Waals surface area contributed by atoms with E-state index in [0.29, 0.717) is 12.1 Å². The molecule has 5 nitrogen and oxygen atoms in total. The number of carbonyl (C=O) groups excluding carboxylic acids is 2. The number of nitrogens with zero attached hydrogens (tertiary/aromatic N) is 2. The first-order chi connectivity index (χ1) is 12.7. The van der Waals surface area contributed by atoms with Gasteiger partial charge in [-0.15, -0.1) is 0 Å². The second-order valence-electron chi connectivity index (χ2n) is 6.24. The molecule has 0 aliphatic carbocycles. The molecule has 2 aromatic carbocycles. The number of anilines is 1. The zero-order chi connectivity index (χ0) is 17.9. The Labute approximate surface area is 151 Å². The first kappa shape index (κ1) is 16.1. The lowest BCUT2D eigenvalue weighted by atomic mass is 10.2. The van der Waals surface area contributed by atoms with Gasteiger partial charge in [-0.05, 0) is 54.4 Å². The molecule has 0 saturated heterocycles. The van der Waals surface area contributed by atoms with Gasteiger partial charge in [0.15, 0.2) is 0 Å². The molecule has 1 N–H and O–H groups in total. The molecule has 0 spiro atoms. The van der Waals surface area contributed by atoms with Crippen LogP contribution >= 0.6 is 0 Å². The predicted octanol–water partition coefficient (Wildman–Crippen LogP) is 2.80. The van der Waals surface area contributed by atoms with E-state index >= 15 is 0 Å².